The Hall–Kier alpha value is -0.540. The molecule has 1 rings (SSSR count). The number of aromatic nitrogens is 2. The molecule has 84 valence electrons. The smallest absolute Gasteiger partial charge is 0.224 e. The molecule has 0 aliphatic heterocycles. The molecular formula is C10H15Cl2N3. The molecule has 0 amide bonds. The molecule has 5 heteroatoms. The van der Waals surface area contributed by atoms with Gasteiger partial charge in [0.25, 0.3) is 0 Å². The SMILES string of the molecule is CCC(C)N(CC)c1nc(Cl)ncc1Cl. The number of nitrogens with zero attached hydrogens (tertiary/aromatic N) is 3. The Labute approximate surface area is 100 Å². The van der Waals surface area contributed by atoms with Crippen molar-refractivity contribution in [1.29, 1.82) is 0 Å². The Balaban J connectivity index is 3.05. The Morgan fingerprint density at radius 2 is 2.07 bits per heavy atom. The molecule has 0 aliphatic rings. The van der Waals surface area contributed by atoms with Gasteiger partial charge in [0.2, 0.25) is 5.28 Å². The van der Waals surface area contributed by atoms with Crippen molar-refractivity contribution in [2.45, 2.75) is 33.2 Å². The molecule has 0 aromatic carbocycles. The van der Waals surface area contributed by atoms with Crippen LogP contribution in [0.15, 0.2) is 6.20 Å². The van der Waals surface area contributed by atoms with Crippen LogP contribution in [-0.2, 0) is 0 Å². The maximum atomic E-state index is 6.05. The average molecular weight is 248 g/mol. The summed E-state index contributed by atoms with van der Waals surface area (Å²) in [6.45, 7) is 7.18. The molecule has 0 saturated heterocycles. The van der Waals surface area contributed by atoms with Crippen molar-refractivity contribution in [2.24, 2.45) is 0 Å². The zero-order valence-electron chi connectivity index (χ0n) is 9.17. The van der Waals surface area contributed by atoms with Gasteiger partial charge in [-0.25, -0.2) is 4.98 Å². The van der Waals surface area contributed by atoms with Crippen molar-refractivity contribution in [3.63, 3.8) is 0 Å². The molecule has 1 heterocycles. The van der Waals surface area contributed by atoms with Gasteiger partial charge in [-0.1, -0.05) is 18.5 Å². The van der Waals surface area contributed by atoms with Crippen LogP contribution in [0.25, 0.3) is 0 Å². The lowest BCUT2D eigenvalue weighted by atomic mass is 10.2. The molecule has 1 aromatic heterocycles. The molecule has 1 atom stereocenters. The Bertz CT molecular complexity index is 330. The average Bonchev–Trinajstić information content (AvgIpc) is 2.23. The number of anilines is 1. The van der Waals surface area contributed by atoms with Crippen LogP contribution >= 0.6 is 23.2 Å². The lowest BCUT2D eigenvalue weighted by Crippen LogP contribution is -2.33. The highest BCUT2D eigenvalue weighted by molar-refractivity contribution is 6.33. The van der Waals surface area contributed by atoms with Gasteiger partial charge in [-0.3, -0.25) is 0 Å². The maximum Gasteiger partial charge on any atom is 0.224 e. The summed E-state index contributed by atoms with van der Waals surface area (Å²) in [6, 6.07) is 0.387. The van der Waals surface area contributed by atoms with E-state index in [0.717, 1.165) is 13.0 Å². The summed E-state index contributed by atoms with van der Waals surface area (Å²) in [5.41, 5.74) is 0. The molecule has 0 fully saturated rings. The van der Waals surface area contributed by atoms with Gasteiger partial charge in [0.05, 0.1) is 6.20 Å². The van der Waals surface area contributed by atoms with Gasteiger partial charge < -0.3 is 4.90 Å². The topological polar surface area (TPSA) is 29.0 Å². The van der Waals surface area contributed by atoms with E-state index < -0.39 is 0 Å². The Kier molecular flexibility index (Phi) is 4.61. The van der Waals surface area contributed by atoms with Crippen LogP contribution in [0.2, 0.25) is 10.3 Å². The van der Waals surface area contributed by atoms with E-state index in [4.69, 9.17) is 23.2 Å². The summed E-state index contributed by atoms with van der Waals surface area (Å²) in [7, 11) is 0. The highest BCUT2D eigenvalue weighted by Gasteiger charge is 2.16. The first-order valence-corrected chi connectivity index (χ1v) is 5.80. The predicted molar refractivity (Wildman–Crippen MR) is 64.8 cm³/mol. The van der Waals surface area contributed by atoms with Crippen LogP contribution in [0.3, 0.4) is 0 Å². The first-order valence-electron chi connectivity index (χ1n) is 5.04. The van der Waals surface area contributed by atoms with E-state index in [2.05, 4.69) is 35.6 Å². The van der Waals surface area contributed by atoms with Gasteiger partial charge in [0.1, 0.15) is 5.02 Å². The van der Waals surface area contributed by atoms with E-state index in [9.17, 15) is 0 Å². The summed E-state index contributed by atoms with van der Waals surface area (Å²) in [5, 5.41) is 0.776. The molecule has 0 bridgehead atoms. The Morgan fingerprint density at radius 1 is 1.40 bits per heavy atom. The molecule has 1 unspecified atom stereocenters. The van der Waals surface area contributed by atoms with E-state index >= 15 is 0 Å². The molecule has 1 aromatic rings. The van der Waals surface area contributed by atoms with E-state index in [1.54, 1.807) is 0 Å². The van der Waals surface area contributed by atoms with E-state index in [-0.39, 0.29) is 5.28 Å². The normalized spacial score (nSPS) is 12.6. The molecule has 0 saturated carbocycles. The van der Waals surface area contributed by atoms with E-state index in [0.29, 0.717) is 16.9 Å². The second-order valence-electron chi connectivity index (χ2n) is 3.35. The monoisotopic (exact) mass is 247 g/mol. The minimum Gasteiger partial charge on any atom is -0.353 e. The second-order valence-corrected chi connectivity index (χ2v) is 4.10. The predicted octanol–water partition coefficient (Wildman–Crippen LogP) is 3.41. The zero-order valence-corrected chi connectivity index (χ0v) is 10.7. The van der Waals surface area contributed by atoms with Gasteiger partial charge in [0, 0.05) is 12.6 Å². The third-order valence-electron chi connectivity index (χ3n) is 2.43. The van der Waals surface area contributed by atoms with Gasteiger partial charge in [-0.15, -0.1) is 0 Å². The van der Waals surface area contributed by atoms with Gasteiger partial charge in [-0.05, 0) is 31.9 Å². The standard InChI is InChI=1S/C10H15Cl2N3/c1-4-7(3)15(5-2)9-8(11)6-13-10(12)14-9/h6-7H,4-5H2,1-3H3. The van der Waals surface area contributed by atoms with Crippen molar-refractivity contribution in [3.05, 3.63) is 16.5 Å². The van der Waals surface area contributed by atoms with E-state index in [1.165, 1.54) is 6.20 Å². The highest BCUT2D eigenvalue weighted by atomic mass is 35.5. The second kappa shape index (κ2) is 5.52. The van der Waals surface area contributed by atoms with Crippen molar-refractivity contribution < 1.29 is 0 Å². The van der Waals surface area contributed by atoms with Crippen LogP contribution < -0.4 is 4.90 Å². The van der Waals surface area contributed by atoms with Crippen LogP contribution in [0.5, 0.6) is 0 Å². The third kappa shape index (κ3) is 2.95. The number of halogens is 2. The molecular weight excluding hydrogens is 233 g/mol. The first-order chi connectivity index (χ1) is 7.10. The van der Waals surface area contributed by atoms with E-state index in [1.807, 2.05) is 0 Å². The van der Waals surface area contributed by atoms with Crippen LogP contribution in [-0.4, -0.2) is 22.6 Å². The van der Waals surface area contributed by atoms with Crippen LogP contribution in [0.1, 0.15) is 27.2 Å². The number of hydrogen-bond acceptors (Lipinski definition) is 3. The summed E-state index contributed by atoms with van der Waals surface area (Å²) in [4.78, 5) is 10.1. The molecule has 3 nitrogen and oxygen atoms in total. The van der Waals surface area contributed by atoms with Crippen molar-refractivity contribution >= 4 is 29.0 Å². The van der Waals surface area contributed by atoms with Crippen molar-refractivity contribution in [1.82, 2.24) is 9.97 Å². The fraction of sp³-hybridized carbons (Fsp3) is 0.600. The minimum absolute atomic E-state index is 0.233. The van der Waals surface area contributed by atoms with Gasteiger partial charge >= 0.3 is 0 Å². The highest BCUT2D eigenvalue weighted by Crippen LogP contribution is 2.25. The first kappa shape index (κ1) is 12.5. The molecule has 15 heavy (non-hydrogen) atoms. The fourth-order valence-corrected chi connectivity index (χ4v) is 1.76. The van der Waals surface area contributed by atoms with Gasteiger partial charge in [0.15, 0.2) is 5.82 Å². The van der Waals surface area contributed by atoms with Crippen LogP contribution in [0.4, 0.5) is 5.82 Å². The summed E-state index contributed by atoms with van der Waals surface area (Å²) >= 11 is 11.8. The van der Waals surface area contributed by atoms with Gasteiger partial charge in [-0.2, -0.15) is 4.98 Å². The van der Waals surface area contributed by atoms with Crippen molar-refractivity contribution in [3.8, 4) is 0 Å². The van der Waals surface area contributed by atoms with Crippen LogP contribution in [0, 0.1) is 0 Å². The molecule has 0 radical (unpaired) electrons. The largest absolute Gasteiger partial charge is 0.353 e. The maximum absolute atomic E-state index is 6.05. The zero-order chi connectivity index (χ0) is 11.4. The third-order valence-corrected chi connectivity index (χ3v) is 2.88. The Morgan fingerprint density at radius 3 is 2.60 bits per heavy atom. The summed E-state index contributed by atoms with van der Waals surface area (Å²) in [5.74, 6) is 0.716. The summed E-state index contributed by atoms with van der Waals surface area (Å²) in [6.07, 6.45) is 2.57. The minimum atomic E-state index is 0.233. The number of rotatable bonds is 4. The molecule has 0 aliphatic carbocycles. The lowest BCUT2D eigenvalue weighted by molar-refractivity contribution is 0.622. The lowest BCUT2D eigenvalue weighted by Gasteiger charge is -2.28. The quantitative estimate of drug-likeness (QED) is 0.764. The molecule has 0 spiro atoms. The summed E-state index contributed by atoms with van der Waals surface area (Å²) < 4.78 is 0. The fourth-order valence-electron chi connectivity index (χ4n) is 1.43. The van der Waals surface area contributed by atoms with Crippen molar-refractivity contribution in [2.75, 3.05) is 11.4 Å². The number of hydrogen-bond donors (Lipinski definition) is 0. The molecule has 0 N–H and O–H groups in total.